The van der Waals surface area contributed by atoms with Crippen molar-refractivity contribution in [3.05, 3.63) is 44.9 Å². The van der Waals surface area contributed by atoms with Crippen LogP contribution < -0.4 is 10.1 Å². The van der Waals surface area contributed by atoms with Gasteiger partial charge in [-0.1, -0.05) is 15.9 Å². The van der Waals surface area contributed by atoms with E-state index in [1.807, 2.05) is 0 Å². The second-order valence-corrected chi connectivity index (χ2v) is 5.46. The van der Waals surface area contributed by atoms with E-state index >= 15 is 0 Å². The van der Waals surface area contributed by atoms with Crippen LogP contribution in [0.4, 0.5) is 21.6 Å². The van der Waals surface area contributed by atoms with Crippen LogP contribution in [0, 0.1) is 15.9 Å². The summed E-state index contributed by atoms with van der Waals surface area (Å²) in [5.41, 5.74) is -0.390. The monoisotopic (exact) mass is 370 g/mol. The second kappa shape index (κ2) is 6.65. The van der Waals surface area contributed by atoms with Crippen LogP contribution in [0.5, 0.6) is 5.88 Å². The van der Waals surface area contributed by atoms with Gasteiger partial charge in [0.05, 0.1) is 16.7 Å². The predicted octanol–water partition coefficient (Wildman–Crippen LogP) is 3.82. The van der Waals surface area contributed by atoms with E-state index in [1.165, 1.54) is 12.1 Å². The molecule has 1 aromatic carbocycles. The summed E-state index contributed by atoms with van der Waals surface area (Å²) in [5, 5.41) is 13.9. The van der Waals surface area contributed by atoms with Gasteiger partial charge < -0.3 is 10.1 Å². The van der Waals surface area contributed by atoms with E-state index in [2.05, 4.69) is 31.2 Å². The minimum atomic E-state index is -0.670. The number of aromatic nitrogens is 2. The van der Waals surface area contributed by atoms with Gasteiger partial charge in [-0.25, -0.2) is 9.37 Å². The van der Waals surface area contributed by atoms with Crippen molar-refractivity contribution in [3.63, 3.8) is 0 Å². The highest BCUT2D eigenvalue weighted by molar-refractivity contribution is 9.10. The van der Waals surface area contributed by atoms with E-state index in [0.29, 0.717) is 4.47 Å². The summed E-state index contributed by atoms with van der Waals surface area (Å²) in [6, 6.07) is 4.28. The molecule has 1 N–H and O–H groups in total. The first kappa shape index (κ1) is 16.1. The second-order valence-electron chi connectivity index (χ2n) is 4.55. The fourth-order valence-corrected chi connectivity index (χ4v) is 1.98. The number of nitrogens with one attached hydrogen (secondary N) is 1. The lowest BCUT2D eigenvalue weighted by Crippen LogP contribution is -2.11. The number of hydrogen-bond acceptors (Lipinski definition) is 6. The maximum absolute atomic E-state index is 13.8. The van der Waals surface area contributed by atoms with Crippen molar-refractivity contribution in [2.45, 2.75) is 20.0 Å². The minimum Gasteiger partial charge on any atom is -0.470 e. The molecule has 0 amide bonds. The van der Waals surface area contributed by atoms with Gasteiger partial charge in [0, 0.05) is 4.47 Å². The number of nitrogens with zero attached hydrogens (tertiary/aromatic N) is 3. The van der Waals surface area contributed by atoms with E-state index in [9.17, 15) is 14.5 Å². The average Bonchev–Trinajstić information content (AvgIpc) is 2.41. The number of benzene rings is 1. The number of nitro groups is 1. The Labute approximate surface area is 133 Å². The van der Waals surface area contributed by atoms with Crippen LogP contribution in [0.15, 0.2) is 29.0 Å². The predicted molar refractivity (Wildman–Crippen MR) is 81.8 cm³/mol. The van der Waals surface area contributed by atoms with Crippen LogP contribution in [0.25, 0.3) is 0 Å². The van der Waals surface area contributed by atoms with Crippen molar-refractivity contribution >= 4 is 33.1 Å². The number of rotatable bonds is 5. The minimum absolute atomic E-state index is 0.0560. The zero-order valence-electron chi connectivity index (χ0n) is 11.7. The average molecular weight is 371 g/mol. The van der Waals surface area contributed by atoms with Crippen LogP contribution in [0.2, 0.25) is 0 Å². The Morgan fingerprint density at radius 2 is 2.14 bits per heavy atom. The summed E-state index contributed by atoms with van der Waals surface area (Å²) in [5.74, 6) is -0.888. The molecule has 9 heteroatoms. The van der Waals surface area contributed by atoms with Crippen molar-refractivity contribution in [2.75, 3.05) is 5.32 Å². The third kappa shape index (κ3) is 3.67. The quantitative estimate of drug-likeness (QED) is 0.635. The number of ether oxygens (including phenoxy) is 1. The summed E-state index contributed by atoms with van der Waals surface area (Å²) in [6.45, 7) is 3.43. The fraction of sp³-hybridized carbons (Fsp3) is 0.231. The summed E-state index contributed by atoms with van der Waals surface area (Å²) in [7, 11) is 0. The Kier molecular flexibility index (Phi) is 4.86. The van der Waals surface area contributed by atoms with Gasteiger partial charge in [-0.15, -0.1) is 0 Å². The fourth-order valence-electron chi connectivity index (χ4n) is 1.65. The number of anilines is 2. The van der Waals surface area contributed by atoms with Crippen molar-refractivity contribution < 1.29 is 14.1 Å². The van der Waals surface area contributed by atoms with Gasteiger partial charge in [-0.05, 0) is 32.0 Å². The van der Waals surface area contributed by atoms with Gasteiger partial charge in [-0.3, -0.25) is 10.1 Å². The zero-order chi connectivity index (χ0) is 16.3. The van der Waals surface area contributed by atoms with Crippen molar-refractivity contribution in [3.8, 4) is 5.88 Å². The first-order valence-electron chi connectivity index (χ1n) is 6.26. The Morgan fingerprint density at radius 3 is 2.73 bits per heavy atom. The first-order valence-corrected chi connectivity index (χ1v) is 7.06. The topological polar surface area (TPSA) is 90.2 Å². The molecule has 7 nitrogen and oxygen atoms in total. The lowest BCUT2D eigenvalue weighted by molar-refractivity contribution is -0.385. The van der Waals surface area contributed by atoms with Crippen molar-refractivity contribution in [2.24, 2.45) is 0 Å². The first-order chi connectivity index (χ1) is 10.4. The molecule has 0 aliphatic rings. The summed E-state index contributed by atoms with van der Waals surface area (Å²) >= 11 is 3.14. The molecule has 0 atom stereocenters. The molecule has 2 aromatic rings. The van der Waals surface area contributed by atoms with Gasteiger partial charge in [-0.2, -0.15) is 4.98 Å². The Hall–Kier alpha value is -2.29. The Bertz CT molecular complexity index is 712. The normalized spacial score (nSPS) is 10.6. The zero-order valence-corrected chi connectivity index (χ0v) is 13.3. The molecule has 0 fully saturated rings. The number of halogens is 2. The lowest BCUT2D eigenvalue weighted by atomic mass is 10.3. The van der Waals surface area contributed by atoms with Gasteiger partial charge in [0.25, 0.3) is 5.88 Å². The molecule has 0 aliphatic heterocycles. The molecule has 0 aliphatic carbocycles. The standard InChI is InChI=1S/C13H12BrFN4O3/c1-7(2)22-13-11(19(20)21)12(16-6-17-13)18-10-4-3-8(14)5-9(10)15/h3-7H,1-2H3,(H,16,17,18). The van der Waals surface area contributed by atoms with Gasteiger partial charge in [0.15, 0.2) is 0 Å². The molecule has 0 spiro atoms. The molecule has 2 rings (SSSR count). The largest absolute Gasteiger partial charge is 0.470 e. The van der Waals surface area contributed by atoms with E-state index in [0.717, 1.165) is 6.33 Å². The summed E-state index contributed by atoms with van der Waals surface area (Å²) in [6.07, 6.45) is 0.815. The molecule has 0 radical (unpaired) electrons. The molecule has 1 heterocycles. The van der Waals surface area contributed by atoms with Gasteiger partial charge in [0.2, 0.25) is 5.82 Å². The third-order valence-corrected chi connectivity index (χ3v) is 3.00. The molecule has 0 saturated carbocycles. The molecular weight excluding hydrogens is 359 g/mol. The molecule has 0 unspecified atom stereocenters. The van der Waals surface area contributed by atoms with Gasteiger partial charge in [0.1, 0.15) is 12.1 Å². The Morgan fingerprint density at radius 1 is 1.41 bits per heavy atom. The number of hydrogen-bond donors (Lipinski definition) is 1. The van der Waals surface area contributed by atoms with E-state index < -0.39 is 16.4 Å². The van der Waals surface area contributed by atoms with Crippen molar-refractivity contribution in [1.82, 2.24) is 9.97 Å². The molecule has 116 valence electrons. The Balaban J connectivity index is 2.44. The SMILES string of the molecule is CC(C)Oc1ncnc(Nc2ccc(Br)cc2F)c1[N+](=O)[O-]. The van der Waals surface area contributed by atoms with Crippen LogP contribution in [-0.2, 0) is 0 Å². The van der Waals surface area contributed by atoms with Crippen LogP contribution >= 0.6 is 15.9 Å². The van der Waals surface area contributed by atoms with Crippen molar-refractivity contribution in [1.29, 1.82) is 0 Å². The maximum atomic E-state index is 13.8. The summed E-state index contributed by atoms with van der Waals surface area (Å²) in [4.78, 5) is 18.2. The van der Waals surface area contributed by atoms with E-state index in [4.69, 9.17) is 4.74 Å². The molecule has 1 aromatic heterocycles. The highest BCUT2D eigenvalue weighted by Crippen LogP contribution is 2.34. The van der Waals surface area contributed by atoms with E-state index in [-0.39, 0.29) is 23.5 Å². The maximum Gasteiger partial charge on any atom is 0.373 e. The molecular formula is C13H12BrFN4O3. The highest BCUT2D eigenvalue weighted by atomic mass is 79.9. The molecule has 0 saturated heterocycles. The highest BCUT2D eigenvalue weighted by Gasteiger charge is 2.25. The van der Waals surface area contributed by atoms with Crippen LogP contribution in [0.1, 0.15) is 13.8 Å². The summed E-state index contributed by atoms with van der Waals surface area (Å²) < 4.78 is 19.7. The van der Waals surface area contributed by atoms with Crippen LogP contribution in [0.3, 0.4) is 0 Å². The molecule has 0 bridgehead atoms. The smallest absolute Gasteiger partial charge is 0.373 e. The van der Waals surface area contributed by atoms with Gasteiger partial charge >= 0.3 is 5.69 Å². The molecule has 22 heavy (non-hydrogen) atoms. The lowest BCUT2D eigenvalue weighted by Gasteiger charge is -2.11. The van der Waals surface area contributed by atoms with Crippen LogP contribution in [-0.4, -0.2) is 21.0 Å². The van der Waals surface area contributed by atoms with E-state index in [1.54, 1.807) is 19.9 Å². The third-order valence-electron chi connectivity index (χ3n) is 2.50.